The number of alkyl halides is 2. The lowest BCUT2D eigenvalue weighted by Gasteiger charge is -2.26. The monoisotopic (exact) mass is 315 g/mol. The number of rotatable bonds is 7. The Morgan fingerprint density at radius 3 is 2.86 bits per heavy atom. The van der Waals surface area contributed by atoms with Crippen LogP contribution in [0.3, 0.4) is 0 Å². The summed E-state index contributed by atoms with van der Waals surface area (Å²) >= 11 is 0. The van der Waals surface area contributed by atoms with Gasteiger partial charge in [-0.05, 0) is 37.8 Å². The van der Waals surface area contributed by atoms with E-state index in [-0.39, 0.29) is 11.9 Å². The summed E-state index contributed by atoms with van der Waals surface area (Å²) in [5, 5.41) is 12.9. The van der Waals surface area contributed by atoms with Gasteiger partial charge in [-0.2, -0.15) is 8.78 Å². The average molecular weight is 315 g/mol. The summed E-state index contributed by atoms with van der Waals surface area (Å²) in [6.45, 7) is -1.66. The van der Waals surface area contributed by atoms with Crippen LogP contribution in [0.25, 0.3) is 0 Å². The zero-order valence-corrected chi connectivity index (χ0v) is 12.7. The summed E-state index contributed by atoms with van der Waals surface area (Å²) < 4.78 is 34.5. The molecule has 0 amide bonds. The minimum absolute atomic E-state index is 0.130. The van der Waals surface area contributed by atoms with Crippen LogP contribution in [-0.4, -0.2) is 31.5 Å². The lowest BCUT2D eigenvalue weighted by molar-refractivity contribution is -0.0506. The molecule has 1 aromatic rings. The molecule has 2 unspecified atom stereocenters. The molecule has 1 aliphatic carbocycles. The normalized spacial score (nSPS) is 21.9. The van der Waals surface area contributed by atoms with Crippen molar-refractivity contribution >= 4 is 0 Å². The van der Waals surface area contributed by atoms with Crippen molar-refractivity contribution < 1.29 is 23.4 Å². The van der Waals surface area contributed by atoms with Crippen LogP contribution < -0.4 is 14.8 Å². The first-order valence-corrected chi connectivity index (χ1v) is 7.59. The Kier molecular flexibility index (Phi) is 6.39. The van der Waals surface area contributed by atoms with E-state index in [9.17, 15) is 13.9 Å². The molecule has 1 saturated carbocycles. The fourth-order valence-corrected chi connectivity index (χ4v) is 2.87. The van der Waals surface area contributed by atoms with Gasteiger partial charge >= 0.3 is 6.61 Å². The van der Waals surface area contributed by atoms with Gasteiger partial charge in [-0.3, -0.25) is 0 Å². The van der Waals surface area contributed by atoms with Gasteiger partial charge in [0.1, 0.15) is 11.5 Å². The number of halogens is 2. The van der Waals surface area contributed by atoms with E-state index in [2.05, 4.69) is 10.1 Å². The van der Waals surface area contributed by atoms with Crippen molar-refractivity contribution in [1.29, 1.82) is 0 Å². The van der Waals surface area contributed by atoms with E-state index >= 15 is 0 Å². The third-order valence-corrected chi connectivity index (χ3v) is 3.99. The van der Waals surface area contributed by atoms with Crippen LogP contribution in [0.5, 0.6) is 11.5 Å². The highest BCUT2D eigenvalue weighted by Gasteiger charge is 2.20. The van der Waals surface area contributed by atoms with Crippen molar-refractivity contribution in [2.75, 3.05) is 13.7 Å². The second-order valence-corrected chi connectivity index (χ2v) is 5.67. The maximum absolute atomic E-state index is 12.5. The van der Waals surface area contributed by atoms with E-state index in [1.165, 1.54) is 13.2 Å². The van der Waals surface area contributed by atoms with Crippen LogP contribution >= 0.6 is 0 Å². The SMILES string of the molecule is COc1ccc(CNCC2CCCC(O)C2)c(OC(F)F)c1. The molecular weight excluding hydrogens is 292 g/mol. The van der Waals surface area contributed by atoms with Gasteiger partial charge in [0, 0.05) is 18.2 Å². The van der Waals surface area contributed by atoms with Gasteiger partial charge in [-0.1, -0.05) is 12.5 Å². The van der Waals surface area contributed by atoms with Crippen LogP contribution in [0.2, 0.25) is 0 Å². The van der Waals surface area contributed by atoms with Gasteiger partial charge in [-0.15, -0.1) is 0 Å². The van der Waals surface area contributed by atoms with Gasteiger partial charge in [-0.25, -0.2) is 0 Å². The molecule has 0 spiro atoms. The zero-order chi connectivity index (χ0) is 15.9. The van der Waals surface area contributed by atoms with Crippen LogP contribution in [0.15, 0.2) is 18.2 Å². The molecule has 0 aromatic heterocycles. The molecule has 2 rings (SSSR count). The van der Waals surface area contributed by atoms with E-state index in [1.54, 1.807) is 12.1 Å². The lowest BCUT2D eigenvalue weighted by Crippen LogP contribution is -2.29. The largest absolute Gasteiger partial charge is 0.497 e. The first-order chi connectivity index (χ1) is 10.6. The van der Waals surface area contributed by atoms with Crippen LogP contribution in [0.1, 0.15) is 31.2 Å². The fraction of sp³-hybridized carbons (Fsp3) is 0.625. The molecule has 124 valence electrons. The predicted octanol–water partition coefficient (Wildman–Crippen LogP) is 2.94. The summed E-state index contributed by atoms with van der Waals surface area (Å²) in [5.41, 5.74) is 0.664. The Morgan fingerprint density at radius 2 is 2.18 bits per heavy atom. The predicted molar refractivity (Wildman–Crippen MR) is 79.3 cm³/mol. The first kappa shape index (κ1) is 17.0. The van der Waals surface area contributed by atoms with E-state index in [1.807, 2.05) is 0 Å². The molecule has 6 heteroatoms. The van der Waals surface area contributed by atoms with Crippen molar-refractivity contribution in [2.24, 2.45) is 5.92 Å². The number of aliphatic hydroxyl groups excluding tert-OH is 1. The second-order valence-electron chi connectivity index (χ2n) is 5.67. The molecule has 0 aliphatic heterocycles. The van der Waals surface area contributed by atoms with E-state index in [0.29, 0.717) is 23.8 Å². The Balaban J connectivity index is 1.90. The molecule has 0 radical (unpaired) electrons. The van der Waals surface area contributed by atoms with Gasteiger partial charge in [0.25, 0.3) is 0 Å². The van der Waals surface area contributed by atoms with Crippen molar-refractivity contribution in [3.8, 4) is 11.5 Å². The molecule has 2 N–H and O–H groups in total. The molecule has 2 atom stereocenters. The fourth-order valence-electron chi connectivity index (χ4n) is 2.87. The number of hydrogen-bond donors (Lipinski definition) is 2. The van der Waals surface area contributed by atoms with Crippen molar-refractivity contribution in [2.45, 2.75) is 44.9 Å². The van der Waals surface area contributed by atoms with Crippen molar-refractivity contribution in [3.63, 3.8) is 0 Å². The highest BCUT2D eigenvalue weighted by Crippen LogP contribution is 2.27. The molecule has 0 bridgehead atoms. The number of ether oxygens (including phenoxy) is 2. The number of aliphatic hydroxyl groups is 1. The summed E-state index contributed by atoms with van der Waals surface area (Å²) in [6, 6.07) is 4.91. The molecule has 4 nitrogen and oxygen atoms in total. The van der Waals surface area contributed by atoms with E-state index in [4.69, 9.17) is 4.74 Å². The van der Waals surface area contributed by atoms with Crippen molar-refractivity contribution in [1.82, 2.24) is 5.32 Å². The van der Waals surface area contributed by atoms with Gasteiger partial charge in [0.15, 0.2) is 0 Å². The average Bonchev–Trinajstić information content (AvgIpc) is 2.48. The second kappa shape index (κ2) is 8.29. The van der Waals surface area contributed by atoms with E-state index < -0.39 is 6.61 Å². The maximum atomic E-state index is 12.5. The highest BCUT2D eigenvalue weighted by atomic mass is 19.3. The molecule has 1 fully saturated rings. The number of hydrogen-bond acceptors (Lipinski definition) is 4. The Hall–Kier alpha value is -1.40. The third kappa shape index (κ3) is 5.10. The molecule has 1 aromatic carbocycles. The minimum atomic E-state index is -2.86. The smallest absolute Gasteiger partial charge is 0.387 e. The first-order valence-electron chi connectivity index (χ1n) is 7.59. The molecule has 22 heavy (non-hydrogen) atoms. The number of nitrogens with one attached hydrogen (secondary N) is 1. The Bertz CT molecular complexity index is 471. The quantitative estimate of drug-likeness (QED) is 0.812. The van der Waals surface area contributed by atoms with Crippen LogP contribution in [0, 0.1) is 5.92 Å². The summed E-state index contributed by atoms with van der Waals surface area (Å²) in [4.78, 5) is 0. The molecule has 0 heterocycles. The Morgan fingerprint density at radius 1 is 1.36 bits per heavy atom. The summed E-state index contributed by atoms with van der Waals surface area (Å²) in [5.74, 6) is 1.04. The van der Waals surface area contributed by atoms with Gasteiger partial charge < -0.3 is 19.9 Å². The summed E-state index contributed by atoms with van der Waals surface area (Å²) in [6.07, 6.45) is 3.60. The minimum Gasteiger partial charge on any atom is -0.497 e. The number of methoxy groups -OCH3 is 1. The van der Waals surface area contributed by atoms with E-state index in [0.717, 1.165) is 32.2 Å². The summed E-state index contributed by atoms with van der Waals surface area (Å²) in [7, 11) is 1.48. The van der Waals surface area contributed by atoms with Crippen LogP contribution in [-0.2, 0) is 6.54 Å². The molecule has 0 saturated heterocycles. The number of benzene rings is 1. The Labute approximate surface area is 129 Å². The zero-order valence-electron chi connectivity index (χ0n) is 12.7. The van der Waals surface area contributed by atoms with Crippen LogP contribution in [0.4, 0.5) is 8.78 Å². The van der Waals surface area contributed by atoms with Gasteiger partial charge in [0.2, 0.25) is 0 Å². The topological polar surface area (TPSA) is 50.7 Å². The lowest BCUT2D eigenvalue weighted by atomic mass is 9.87. The molecule has 1 aliphatic rings. The molecular formula is C16H23F2NO3. The van der Waals surface area contributed by atoms with Crippen molar-refractivity contribution in [3.05, 3.63) is 23.8 Å². The third-order valence-electron chi connectivity index (χ3n) is 3.99. The maximum Gasteiger partial charge on any atom is 0.387 e. The standard InChI is InChI=1S/C16H23F2NO3/c1-21-14-6-5-12(15(8-14)22-16(17)18)10-19-9-11-3-2-4-13(20)7-11/h5-6,8,11,13,16,19-20H,2-4,7,9-10H2,1H3. The highest BCUT2D eigenvalue weighted by molar-refractivity contribution is 5.40. The van der Waals surface area contributed by atoms with Gasteiger partial charge in [0.05, 0.1) is 13.2 Å².